The van der Waals surface area contributed by atoms with Crippen molar-refractivity contribution in [2.75, 3.05) is 0 Å². The SMILES string of the molecule is CCC1(c2ccc(-c3nc(-c4ccccc4)nc(-c4cccc5ccccc45)n3)cc2)CC2CCCC(c3ccc(Br)cc3)(C2)C1. The van der Waals surface area contributed by atoms with Crippen LogP contribution in [0.15, 0.2) is 126 Å². The summed E-state index contributed by atoms with van der Waals surface area (Å²) in [7, 11) is 0. The number of hydrogen-bond acceptors (Lipinski definition) is 3. The average molecular weight is 665 g/mol. The van der Waals surface area contributed by atoms with E-state index in [4.69, 9.17) is 15.0 Å². The van der Waals surface area contributed by atoms with Crippen LogP contribution in [0.2, 0.25) is 0 Å². The summed E-state index contributed by atoms with van der Waals surface area (Å²) in [5, 5.41) is 2.32. The van der Waals surface area contributed by atoms with Crippen LogP contribution in [0.1, 0.15) is 63.0 Å². The minimum absolute atomic E-state index is 0.164. The molecular formula is C42H38BrN3. The molecule has 6 aromatic rings. The number of benzene rings is 5. The fourth-order valence-electron chi connectivity index (χ4n) is 8.69. The minimum atomic E-state index is 0.164. The predicted octanol–water partition coefficient (Wildman–Crippen LogP) is 11.4. The van der Waals surface area contributed by atoms with Gasteiger partial charge in [0.2, 0.25) is 0 Å². The third-order valence-corrected chi connectivity index (χ3v) is 11.4. The molecule has 0 amide bonds. The Hall–Kier alpha value is -4.15. The lowest BCUT2D eigenvalue weighted by Gasteiger charge is -2.54. The lowest BCUT2D eigenvalue weighted by Crippen LogP contribution is -2.47. The Bertz CT molecular complexity index is 2000. The largest absolute Gasteiger partial charge is 0.208 e. The van der Waals surface area contributed by atoms with E-state index in [1.165, 1.54) is 55.0 Å². The average Bonchev–Trinajstić information content (AvgIpc) is 3.11. The topological polar surface area (TPSA) is 38.7 Å². The van der Waals surface area contributed by atoms with Crippen LogP contribution in [0.4, 0.5) is 0 Å². The molecule has 3 nitrogen and oxygen atoms in total. The van der Waals surface area contributed by atoms with Gasteiger partial charge in [0.1, 0.15) is 0 Å². The van der Waals surface area contributed by atoms with Gasteiger partial charge in [0.05, 0.1) is 0 Å². The van der Waals surface area contributed by atoms with Crippen molar-refractivity contribution in [2.45, 2.75) is 62.7 Å². The number of aromatic nitrogens is 3. The Balaban J connectivity index is 1.20. The lowest BCUT2D eigenvalue weighted by atomic mass is 9.50. The zero-order chi connectivity index (χ0) is 31.1. The number of nitrogens with zero attached hydrogens (tertiary/aromatic N) is 3. The quantitative estimate of drug-likeness (QED) is 0.178. The molecule has 2 aliphatic rings. The Morgan fingerprint density at radius 1 is 0.652 bits per heavy atom. The van der Waals surface area contributed by atoms with Crippen LogP contribution in [-0.2, 0) is 10.8 Å². The van der Waals surface area contributed by atoms with Crippen LogP contribution >= 0.6 is 15.9 Å². The summed E-state index contributed by atoms with van der Waals surface area (Å²) in [4.78, 5) is 15.2. The fraction of sp³-hybridized carbons (Fsp3) is 0.262. The van der Waals surface area contributed by atoms with Crippen molar-refractivity contribution in [1.82, 2.24) is 15.0 Å². The molecule has 8 rings (SSSR count). The Labute approximate surface area is 280 Å². The maximum Gasteiger partial charge on any atom is 0.164 e. The van der Waals surface area contributed by atoms with Gasteiger partial charge >= 0.3 is 0 Å². The predicted molar refractivity (Wildman–Crippen MR) is 193 cm³/mol. The number of hydrogen-bond donors (Lipinski definition) is 0. The van der Waals surface area contributed by atoms with E-state index in [0.717, 1.165) is 38.9 Å². The van der Waals surface area contributed by atoms with Gasteiger partial charge in [0.15, 0.2) is 17.5 Å². The molecule has 2 aliphatic carbocycles. The summed E-state index contributed by atoms with van der Waals surface area (Å²) in [6, 6.07) is 43.5. The standard InChI is InChI=1S/C42H38BrN3/c1-2-41(26-29-10-9-25-42(27-29,28-41)34-21-23-35(43)24-22-34)33-19-17-32(18-20-33)39-44-38(31-12-4-3-5-13-31)45-40(46-39)37-16-8-14-30-11-6-7-15-36(30)37/h3-8,11-24,29H,2,9-10,25-28H2,1H3. The van der Waals surface area contributed by atoms with E-state index in [9.17, 15) is 0 Å². The van der Waals surface area contributed by atoms with Crippen molar-refractivity contribution >= 4 is 26.7 Å². The summed E-state index contributed by atoms with van der Waals surface area (Å²) in [5.74, 6) is 2.87. The molecule has 5 aromatic carbocycles. The molecule has 0 spiro atoms. The zero-order valence-corrected chi connectivity index (χ0v) is 27.9. The van der Waals surface area contributed by atoms with Crippen molar-refractivity contribution < 1.29 is 0 Å². The molecule has 0 N–H and O–H groups in total. The van der Waals surface area contributed by atoms with Gasteiger partial charge in [0, 0.05) is 21.2 Å². The maximum absolute atomic E-state index is 5.11. The summed E-state index contributed by atoms with van der Waals surface area (Å²) in [6.45, 7) is 2.40. The van der Waals surface area contributed by atoms with Gasteiger partial charge in [-0.25, -0.2) is 15.0 Å². The van der Waals surface area contributed by atoms with E-state index >= 15 is 0 Å². The Kier molecular flexibility index (Phi) is 7.57. The third kappa shape index (κ3) is 5.27. The maximum atomic E-state index is 5.11. The first-order valence-corrected chi connectivity index (χ1v) is 17.5. The summed E-state index contributed by atoms with van der Waals surface area (Å²) >= 11 is 3.67. The van der Waals surface area contributed by atoms with E-state index < -0.39 is 0 Å². The number of fused-ring (bicyclic) bond motifs is 3. The molecule has 3 unspecified atom stereocenters. The monoisotopic (exact) mass is 663 g/mol. The lowest BCUT2D eigenvalue weighted by molar-refractivity contribution is 0.0757. The van der Waals surface area contributed by atoms with Crippen molar-refractivity contribution in [1.29, 1.82) is 0 Å². The van der Waals surface area contributed by atoms with Crippen LogP contribution in [0.25, 0.3) is 44.9 Å². The van der Waals surface area contributed by atoms with Crippen LogP contribution in [0.3, 0.4) is 0 Å². The fourth-order valence-corrected chi connectivity index (χ4v) is 8.95. The summed E-state index contributed by atoms with van der Waals surface area (Å²) in [6.07, 6.45) is 8.92. The van der Waals surface area contributed by atoms with Gasteiger partial charge in [-0.1, -0.05) is 145 Å². The van der Waals surface area contributed by atoms with E-state index in [1.54, 1.807) is 0 Å². The third-order valence-electron chi connectivity index (χ3n) is 10.9. The van der Waals surface area contributed by atoms with Gasteiger partial charge in [-0.15, -0.1) is 0 Å². The van der Waals surface area contributed by atoms with E-state index in [1.807, 2.05) is 18.2 Å². The highest BCUT2D eigenvalue weighted by Gasteiger charge is 2.50. The first-order chi connectivity index (χ1) is 22.5. The van der Waals surface area contributed by atoms with Gasteiger partial charge in [-0.2, -0.15) is 0 Å². The van der Waals surface area contributed by atoms with Crippen LogP contribution in [-0.4, -0.2) is 15.0 Å². The van der Waals surface area contributed by atoms with E-state index in [2.05, 4.69) is 126 Å². The highest BCUT2D eigenvalue weighted by molar-refractivity contribution is 9.10. The summed E-state index contributed by atoms with van der Waals surface area (Å²) < 4.78 is 1.16. The molecule has 46 heavy (non-hydrogen) atoms. The van der Waals surface area contributed by atoms with E-state index in [-0.39, 0.29) is 10.8 Å². The minimum Gasteiger partial charge on any atom is -0.208 e. The molecular weight excluding hydrogens is 626 g/mol. The second-order valence-corrected chi connectivity index (χ2v) is 14.5. The molecule has 2 saturated carbocycles. The first-order valence-electron chi connectivity index (χ1n) is 16.7. The number of rotatable bonds is 6. The zero-order valence-electron chi connectivity index (χ0n) is 26.3. The molecule has 1 heterocycles. The molecule has 1 aromatic heterocycles. The normalized spacial score (nSPS) is 22.5. The van der Waals surface area contributed by atoms with Gasteiger partial charge in [-0.3, -0.25) is 0 Å². The summed E-state index contributed by atoms with van der Waals surface area (Å²) in [5.41, 5.74) is 6.43. The van der Waals surface area contributed by atoms with Crippen molar-refractivity contribution in [2.24, 2.45) is 5.92 Å². The molecule has 2 bridgehead atoms. The highest BCUT2D eigenvalue weighted by Crippen LogP contribution is 2.58. The molecule has 0 radical (unpaired) electrons. The molecule has 0 aliphatic heterocycles. The molecule has 228 valence electrons. The first kappa shape index (κ1) is 29.3. The van der Waals surface area contributed by atoms with Crippen molar-refractivity contribution in [3.8, 4) is 34.2 Å². The second-order valence-electron chi connectivity index (χ2n) is 13.5. The van der Waals surface area contributed by atoms with E-state index in [0.29, 0.717) is 17.5 Å². The molecule has 0 saturated heterocycles. The van der Waals surface area contributed by atoms with Crippen molar-refractivity contribution in [3.05, 3.63) is 137 Å². The number of halogens is 1. The van der Waals surface area contributed by atoms with Crippen LogP contribution < -0.4 is 0 Å². The Morgan fingerprint density at radius 2 is 1.30 bits per heavy atom. The second kappa shape index (κ2) is 11.9. The Morgan fingerprint density at radius 3 is 2.07 bits per heavy atom. The molecule has 2 fully saturated rings. The van der Waals surface area contributed by atoms with Gasteiger partial charge in [0.25, 0.3) is 0 Å². The van der Waals surface area contributed by atoms with Crippen molar-refractivity contribution in [3.63, 3.8) is 0 Å². The van der Waals surface area contributed by atoms with Crippen LogP contribution in [0.5, 0.6) is 0 Å². The van der Waals surface area contributed by atoms with Crippen LogP contribution in [0, 0.1) is 5.92 Å². The highest BCUT2D eigenvalue weighted by atomic mass is 79.9. The molecule has 3 atom stereocenters. The van der Waals surface area contributed by atoms with Gasteiger partial charge < -0.3 is 0 Å². The molecule has 4 heteroatoms. The van der Waals surface area contributed by atoms with Gasteiger partial charge in [-0.05, 0) is 82.9 Å². The smallest absolute Gasteiger partial charge is 0.164 e.